The van der Waals surface area contributed by atoms with Crippen LogP contribution in [0.15, 0.2) is 65.3 Å². The van der Waals surface area contributed by atoms with Crippen LogP contribution >= 0.6 is 0 Å². The molecule has 0 radical (unpaired) electrons. The van der Waals surface area contributed by atoms with Crippen molar-refractivity contribution in [2.45, 2.75) is 44.9 Å². The van der Waals surface area contributed by atoms with Gasteiger partial charge in [0.2, 0.25) is 5.91 Å². The van der Waals surface area contributed by atoms with Gasteiger partial charge in [0.15, 0.2) is 17.0 Å². The summed E-state index contributed by atoms with van der Waals surface area (Å²) in [4.78, 5) is 34.6. The van der Waals surface area contributed by atoms with E-state index in [4.69, 9.17) is 13.9 Å². The normalized spacial score (nSPS) is 21.1. The van der Waals surface area contributed by atoms with E-state index in [1.54, 1.807) is 29.2 Å². The number of para-hydroxylation sites is 1. The second-order valence-corrected chi connectivity index (χ2v) is 10.4. The molecule has 8 nitrogen and oxygen atoms in total. The molecule has 1 fully saturated rings. The van der Waals surface area contributed by atoms with Crippen LogP contribution in [0.3, 0.4) is 0 Å². The SMILES string of the molecule is COc1cc([C@H]2CN3C(=O)CN(Cc4ccco4)C(=O)[C@]3(C)c3[nH]c4ccccc4c32)ccc1OC(C)C. The first-order chi connectivity index (χ1) is 18.3. The highest BCUT2D eigenvalue weighted by molar-refractivity contribution is 6.01. The number of amides is 2. The number of carbonyl (C=O) groups excluding carboxylic acids is 2. The molecule has 196 valence electrons. The fourth-order valence-corrected chi connectivity index (χ4v) is 5.95. The highest BCUT2D eigenvalue weighted by Gasteiger charge is 2.56. The number of ether oxygens (including phenoxy) is 2. The zero-order valence-electron chi connectivity index (χ0n) is 22.0. The number of furan rings is 1. The number of hydrogen-bond donors (Lipinski definition) is 1. The van der Waals surface area contributed by atoms with E-state index in [2.05, 4.69) is 11.1 Å². The first-order valence-corrected chi connectivity index (χ1v) is 12.9. The van der Waals surface area contributed by atoms with Crippen molar-refractivity contribution in [1.29, 1.82) is 0 Å². The third-order valence-corrected chi connectivity index (χ3v) is 7.70. The van der Waals surface area contributed by atoms with Crippen molar-refractivity contribution in [2.75, 3.05) is 20.2 Å². The highest BCUT2D eigenvalue weighted by Crippen LogP contribution is 2.49. The molecule has 38 heavy (non-hydrogen) atoms. The minimum absolute atomic E-state index is 0.00188. The van der Waals surface area contributed by atoms with E-state index in [9.17, 15) is 9.59 Å². The number of aromatic nitrogens is 1. The van der Waals surface area contributed by atoms with Gasteiger partial charge in [0, 0.05) is 23.4 Å². The van der Waals surface area contributed by atoms with Crippen molar-refractivity contribution in [3.8, 4) is 11.5 Å². The summed E-state index contributed by atoms with van der Waals surface area (Å²) in [5.41, 5.74) is 2.53. The van der Waals surface area contributed by atoms with Crippen LogP contribution < -0.4 is 9.47 Å². The molecule has 0 bridgehead atoms. The van der Waals surface area contributed by atoms with Gasteiger partial charge in [-0.25, -0.2) is 0 Å². The molecule has 2 aliphatic rings. The topological polar surface area (TPSA) is 88.0 Å². The molecule has 0 aliphatic carbocycles. The summed E-state index contributed by atoms with van der Waals surface area (Å²) in [5.74, 6) is 1.56. The first kappa shape index (κ1) is 24.2. The van der Waals surface area contributed by atoms with E-state index in [0.717, 1.165) is 27.7 Å². The lowest BCUT2D eigenvalue weighted by atomic mass is 9.76. The van der Waals surface area contributed by atoms with Crippen LogP contribution in [0.1, 0.15) is 49.3 Å². The molecule has 8 heteroatoms. The smallest absolute Gasteiger partial charge is 0.255 e. The summed E-state index contributed by atoms with van der Waals surface area (Å²) in [6.07, 6.45) is 1.58. The van der Waals surface area contributed by atoms with Crippen LogP contribution in [0.4, 0.5) is 0 Å². The van der Waals surface area contributed by atoms with Crippen molar-refractivity contribution in [3.63, 3.8) is 0 Å². The minimum Gasteiger partial charge on any atom is -0.493 e. The highest BCUT2D eigenvalue weighted by atomic mass is 16.5. The number of aromatic amines is 1. The van der Waals surface area contributed by atoms with Crippen LogP contribution in [0.5, 0.6) is 11.5 Å². The minimum atomic E-state index is -1.17. The van der Waals surface area contributed by atoms with Crippen LogP contribution in [-0.2, 0) is 21.7 Å². The second-order valence-electron chi connectivity index (χ2n) is 10.4. The Balaban J connectivity index is 1.50. The molecular weight excluding hydrogens is 482 g/mol. The van der Waals surface area contributed by atoms with Crippen molar-refractivity contribution in [1.82, 2.24) is 14.8 Å². The van der Waals surface area contributed by atoms with Crippen LogP contribution in [0.25, 0.3) is 10.9 Å². The van der Waals surface area contributed by atoms with Gasteiger partial charge in [-0.1, -0.05) is 24.3 Å². The quantitative estimate of drug-likeness (QED) is 0.401. The zero-order valence-corrected chi connectivity index (χ0v) is 22.0. The van der Waals surface area contributed by atoms with Gasteiger partial charge < -0.3 is 28.7 Å². The molecule has 2 aromatic carbocycles. The summed E-state index contributed by atoms with van der Waals surface area (Å²) < 4.78 is 17.1. The van der Waals surface area contributed by atoms with E-state index in [1.165, 1.54) is 0 Å². The van der Waals surface area contributed by atoms with Gasteiger partial charge in [-0.2, -0.15) is 0 Å². The van der Waals surface area contributed by atoms with Crippen molar-refractivity contribution in [2.24, 2.45) is 0 Å². The number of carbonyl (C=O) groups is 2. The lowest BCUT2D eigenvalue weighted by molar-refractivity contribution is -0.167. The van der Waals surface area contributed by atoms with Gasteiger partial charge in [-0.05, 0) is 62.2 Å². The van der Waals surface area contributed by atoms with Crippen LogP contribution in [0, 0.1) is 0 Å². The van der Waals surface area contributed by atoms with Crippen molar-refractivity contribution in [3.05, 3.63) is 83.4 Å². The van der Waals surface area contributed by atoms with E-state index in [0.29, 0.717) is 23.8 Å². The Morgan fingerprint density at radius 2 is 1.92 bits per heavy atom. The Morgan fingerprint density at radius 3 is 2.66 bits per heavy atom. The maximum absolute atomic E-state index is 14.1. The van der Waals surface area contributed by atoms with Gasteiger partial charge in [-0.3, -0.25) is 9.59 Å². The summed E-state index contributed by atoms with van der Waals surface area (Å²) in [6.45, 7) is 6.42. The molecule has 1 saturated heterocycles. The molecule has 2 aromatic heterocycles. The Morgan fingerprint density at radius 1 is 1.11 bits per heavy atom. The number of benzene rings is 2. The number of nitrogens with one attached hydrogen (secondary N) is 1. The molecule has 0 saturated carbocycles. The first-order valence-electron chi connectivity index (χ1n) is 12.9. The van der Waals surface area contributed by atoms with Gasteiger partial charge in [0.05, 0.1) is 31.7 Å². The second kappa shape index (κ2) is 8.97. The summed E-state index contributed by atoms with van der Waals surface area (Å²) in [5, 5.41) is 1.04. The van der Waals surface area contributed by atoms with Gasteiger partial charge in [0.1, 0.15) is 12.3 Å². The van der Waals surface area contributed by atoms with Crippen molar-refractivity contribution < 1.29 is 23.5 Å². The standard InChI is InChI=1S/C30H31N3O5/c1-18(2)38-24-12-11-19(14-25(24)36-4)22-16-33-26(34)17-32(15-20-8-7-13-37-20)29(35)30(33,3)28-27(22)21-9-5-6-10-23(21)31-28/h5-14,18,22,31H,15-17H2,1-4H3/t22-,30+/m1/s1. The van der Waals surface area contributed by atoms with E-state index < -0.39 is 5.54 Å². The number of methoxy groups -OCH3 is 1. The summed E-state index contributed by atoms with van der Waals surface area (Å²) in [7, 11) is 1.63. The predicted octanol–water partition coefficient (Wildman–Crippen LogP) is 4.79. The molecular formula is C30H31N3O5. The van der Waals surface area contributed by atoms with Crippen LogP contribution in [-0.4, -0.2) is 52.9 Å². The monoisotopic (exact) mass is 513 g/mol. The number of rotatable bonds is 6. The average Bonchev–Trinajstić information content (AvgIpc) is 3.56. The number of fused-ring (bicyclic) bond motifs is 5. The Hall–Kier alpha value is -4.20. The molecule has 1 N–H and O–H groups in total. The van der Waals surface area contributed by atoms with Crippen molar-refractivity contribution >= 4 is 22.7 Å². The number of hydrogen-bond acceptors (Lipinski definition) is 5. The molecule has 4 aromatic rings. The molecule has 2 aliphatic heterocycles. The summed E-state index contributed by atoms with van der Waals surface area (Å²) in [6, 6.07) is 17.6. The molecule has 4 heterocycles. The van der Waals surface area contributed by atoms with Gasteiger partial charge in [-0.15, -0.1) is 0 Å². The van der Waals surface area contributed by atoms with E-state index in [-0.39, 0.29) is 36.9 Å². The predicted molar refractivity (Wildman–Crippen MR) is 142 cm³/mol. The molecule has 2 atom stereocenters. The third kappa shape index (κ3) is 3.66. The fraction of sp³-hybridized carbons (Fsp3) is 0.333. The Kier molecular flexibility index (Phi) is 5.70. The third-order valence-electron chi connectivity index (χ3n) is 7.70. The fourth-order valence-electron chi connectivity index (χ4n) is 5.95. The number of H-pyrrole nitrogens is 1. The number of piperazine rings is 1. The average molecular weight is 514 g/mol. The summed E-state index contributed by atoms with van der Waals surface area (Å²) >= 11 is 0. The Bertz CT molecular complexity index is 1520. The molecule has 6 rings (SSSR count). The van der Waals surface area contributed by atoms with E-state index in [1.807, 2.05) is 63.2 Å². The lowest BCUT2D eigenvalue weighted by Crippen LogP contribution is -2.67. The maximum Gasteiger partial charge on any atom is 0.255 e. The molecule has 0 spiro atoms. The number of nitrogens with zero attached hydrogens (tertiary/aromatic N) is 2. The largest absolute Gasteiger partial charge is 0.493 e. The molecule has 2 amide bonds. The maximum atomic E-state index is 14.1. The zero-order chi connectivity index (χ0) is 26.6. The van der Waals surface area contributed by atoms with E-state index >= 15 is 0 Å². The lowest BCUT2D eigenvalue weighted by Gasteiger charge is -2.51. The molecule has 0 unspecified atom stereocenters. The van der Waals surface area contributed by atoms with Gasteiger partial charge in [0.25, 0.3) is 5.91 Å². The Labute approximate surface area is 221 Å². The van der Waals surface area contributed by atoms with Crippen LogP contribution in [0.2, 0.25) is 0 Å². The van der Waals surface area contributed by atoms with Gasteiger partial charge >= 0.3 is 0 Å².